The summed E-state index contributed by atoms with van der Waals surface area (Å²) in [4.78, 5) is 7.52. The summed E-state index contributed by atoms with van der Waals surface area (Å²) >= 11 is 0. The molecule has 0 bridgehead atoms. The van der Waals surface area contributed by atoms with Crippen molar-refractivity contribution in [3.63, 3.8) is 0 Å². The van der Waals surface area contributed by atoms with Gasteiger partial charge in [-0.1, -0.05) is 240 Å². The van der Waals surface area contributed by atoms with Crippen LogP contribution in [0, 0.1) is 0 Å². The lowest BCUT2D eigenvalue weighted by atomic mass is 10.0. The first-order valence-corrected chi connectivity index (χ1v) is 30.9. The van der Waals surface area contributed by atoms with Crippen molar-refractivity contribution < 1.29 is 20.4 Å². The van der Waals surface area contributed by atoms with Gasteiger partial charge in [-0.15, -0.1) is 0 Å². The van der Waals surface area contributed by atoms with Crippen LogP contribution in [0.15, 0.2) is 0 Å². The summed E-state index contributed by atoms with van der Waals surface area (Å²) in [6.07, 6.45) is 49.2. The van der Waals surface area contributed by atoms with E-state index in [-0.39, 0.29) is 24.4 Å². The van der Waals surface area contributed by atoms with Crippen molar-refractivity contribution >= 4 is 0 Å². The number of nitrogens with one attached hydrogen (secondary N) is 1. The van der Waals surface area contributed by atoms with Gasteiger partial charge in [0.15, 0.2) is 0 Å². The fourth-order valence-electron chi connectivity index (χ4n) is 10.9. The van der Waals surface area contributed by atoms with Gasteiger partial charge in [-0.25, -0.2) is 0 Å². The summed E-state index contributed by atoms with van der Waals surface area (Å²) in [5.74, 6) is 0. The third-order valence-corrected chi connectivity index (χ3v) is 15.3. The number of aliphatic hydroxyl groups is 4. The first kappa shape index (κ1) is 65.7. The minimum atomic E-state index is -0.310. The van der Waals surface area contributed by atoms with Gasteiger partial charge >= 0.3 is 0 Å². The van der Waals surface area contributed by atoms with Crippen molar-refractivity contribution in [2.45, 2.75) is 321 Å². The predicted octanol–water partition coefficient (Wildman–Crippen LogP) is 14.4. The number of aliphatic hydroxyl groups excluding tert-OH is 4. The highest BCUT2D eigenvalue weighted by molar-refractivity contribution is 4.81. The van der Waals surface area contributed by atoms with Crippen molar-refractivity contribution in [1.82, 2.24) is 20.0 Å². The molecule has 1 heterocycles. The Morgan fingerprint density at radius 3 is 1.00 bits per heavy atom. The number of piperazine rings is 1. The van der Waals surface area contributed by atoms with Gasteiger partial charge in [0.1, 0.15) is 0 Å². The van der Waals surface area contributed by atoms with Gasteiger partial charge in [0.25, 0.3) is 0 Å². The van der Waals surface area contributed by atoms with Crippen LogP contribution in [0.3, 0.4) is 0 Å². The van der Waals surface area contributed by atoms with E-state index in [1.54, 1.807) is 0 Å². The molecule has 8 nitrogen and oxygen atoms in total. The molecule has 408 valence electrons. The van der Waals surface area contributed by atoms with Gasteiger partial charge in [-0.05, 0) is 71.0 Å². The molecule has 1 aliphatic heterocycles. The SMILES string of the molecule is CCCCCCCCCCC(O)CN(CCCCC1CNCCN1CCCCN(CC(O)CCCCCCCCCC)CC(O)CCCCCCCCCC)CC(O)CCCCCCCCCC. The van der Waals surface area contributed by atoms with Gasteiger partial charge in [-0.2, -0.15) is 0 Å². The van der Waals surface area contributed by atoms with Crippen LogP contribution in [0.2, 0.25) is 0 Å². The lowest BCUT2D eigenvalue weighted by Crippen LogP contribution is -2.51. The van der Waals surface area contributed by atoms with E-state index in [1.165, 1.54) is 193 Å². The van der Waals surface area contributed by atoms with Crippen molar-refractivity contribution in [3.05, 3.63) is 0 Å². The highest BCUT2D eigenvalue weighted by Crippen LogP contribution is 2.19. The molecule has 0 aliphatic carbocycles. The molecular weight excluding hydrogens is 841 g/mol. The quantitative estimate of drug-likeness (QED) is 0.0384. The van der Waals surface area contributed by atoms with Crippen molar-refractivity contribution in [2.24, 2.45) is 0 Å². The molecule has 1 aliphatic rings. The summed E-state index contributed by atoms with van der Waals surface area (Å²) in [5, 5.41) is 48.3. The van der Waals surface area contributed by atoms with Crippen LogP contribution >= 0.6 is 0 Å². The number of hydrogen-bond acceptors (Lipinski definition) is 8. The molecule has 0 radical (unpaired) electrons. The average molecular weight is 966 g/mol. The van der Waals surface area contributed by atoms with Crippen LogP contribution in [-0.4, -0.2) is 131 Å². The van der Waals surface area contributed by atoms with E-state index in [0.717, 1.165) is 110 Å². The lowest BCUT2D eigenvalue weighted by Gasteiger charge is -2.37. The Hall–Kier alpha value is -0.320. The van der Waals surface area contributed by atoms with E-state index >= 15 is 0 Å². The molecule has 68 heavy (non-hydrogen) atoms. The average Bonchev–Trinajstić information content (AvgIpc) is 3.32. The summed E-state index contributed by atoms with van der Waals surface area (Å²) in [7, 11) is 0. The fourth-order valence-corrected chi connectivity index (χ4v) is 10.9. The molecule has 0 aromatic rings. The Labute approximate surface area is 425 Å². The number of unbranched alkanes of at least 4 members (excludes halogenated alkanes) is 30. The first-order chi connectivity index (χ1) is 33.3. The fraction of sp³-hybridized carbons (Fsp3) is 1.00. The van der Waals surface area contributed by atoms with E-state index in [0.29, 0.717) is 32.2 Å². The number of rotatable bonds is 54. The summed E-state index contributed by atoms with van der Waals surface area (Å²) < 4.78 is 0. The van der Waals surface area contributed by atoms with Gasteiger partial charge in [0.2, 0.25) is 0 Å². The highest BCUT2D eigenvalue weighted by atomic mass is 16.3. The second kappa shape index (κ2) is 50.2. The summed E-state index contributed by atoms with van der Waals surface area (Å²) in [5.41, 5.74) is 0. The van der Waals surface area contributed by atoms with Gasteiger partial charge in [0, 0.05) is 51.9 Å². The van der Waals surface area contributed by atoms with E-state index in [1.807, 2.05) is 0 Å². The predicted molar refractivity (Wildman–Crippen MR) is 297 cm³/mol. The monoisotopic (exact) mass is 965 g/mol. The lowest BCUT2D eigenvalue weighted by molar-refractivity contribution is 0.0575. The van der Waals surface area contributed by atoms with Crippen LogP contribution in [0.4, 0.5) is 0 Å². The zero-order valence-corrected chi connectivity index (χ0v) is 46.6. The maximum absolute atomic E-state index is 11.2. The van der Waals surface area contributed by atoms with E-state index < -0.39 is 0 Å². The third-order valence-electron chi connectivity index (χ3n) is 15.3. The van der Waals surface area contributed by atoms with Crippen LogP contribution < -0.4 is 5.32 Å². The minimum absolute atomic E-state index is 0.310. The van der Waals surface area contributed by atoms with Crippen molar-refractivity contribution in [1.29, 1.82) is 0 Å². The topological polar surface area (TPSA) is 103 Å². The Morgan fingerprint density at radius 1 is 0.382 bits per heavy atom. The van der Waals surface area contributed by atoms with Crippen molar-refractivity contribution in [2.75, 3.05) is 65.4 Å². The highest BCUT2D eigenvalue weighted by Gasteiger charge is 2.23. The standard InChI is InChI=1S/C60H124N4O4/c1-5-9-13-17-21-25-29-33-42-57(65)52-62(53-58(66)43-34-30-26-22-18-14-10-6-2)47-38-37-41-56-51-61-46-50-64(56)49-40-39-48-63(54-59(67)44-35-31-27-23-19-15-11-7-3)55-60(68)45-36-32-28-24-20-16-12-8-4/h56-61,65-68H,5-55H2,1-4H3. The van der Waals surface area contributed by atoms with Crippen LogP contribution in [0.25, 0.3) is 0 Å². The molecule has 0 saturated carbocycles. The van der Waals surface area contributed by atoms with Gasteiger partial charge in [-0.3, -0.25) is 14.7 Å². The van der Waals surface area contributed by atoms with Gasteiger partial charge < -0.3 is 25.7 Å². The van der Waals surface area contributed by atoms with E-state index in [2.05, 4.69) is 47.7 Å². The van der Waals surface area contributed by atoms with Gasteiger partial charge in [0.05, 0.1) is 24.4 Å². The molecule has 5 N–H and O–H groups in total. The first-order valence-electron chi connectivity index (χ1n) is 30.9. The molecule has 1 saturated heterocycles. The smallest absolute Gasteiger partial charge is 0.0667 e. The molecule has 5 atom stereocenters. The summed E-state index contributed by atoms with van der Waals surface area (Å²) in [6.45, 7) is 18.1. The Bertz CT molecular complexity index is 861. The largest absolute Gasteiger partial charge is 0.392 e. The zero-order chi connectivity index (χ0) is 49.4. The second-order valence-electron chi connectivity index (χ2n) is 22.3. The Balaban J connectivity index is 2.64. The molecule has 0 aromatic carbocycles. The molecule has 0 amide bonds. The molecule has 0 spiro atoms. The number of nitrogens with zero attached hydrogens (tertiary/aromatic N) is 3. The normalized spacial score (nSPS) is 16.6. The molecule has 0 aromatic heterocycles. The zero-order valence-electron chi connectivity index (χ0n) is 46.6. The van der Waals surface area contributed by atoms with E-state index in [4.69, 9.17) is 0 Å². The maximum Gasteiger partial charge on any atom is 0.0667 e. The molecule has 1 fully saturated rings. The van der Waals surface area contributed by atoms with Crippen LogP contribution in [0.5, 0.6) is 0 Å². The Morgan fingerprint density at radius 2 is 0.676 bits per heavy atom. The molecule has 8 heteroatoms. The molecular formula is C60H124N4O4. The third kappa shape index (κ3) is 42.2. The van der Waals surface area contributed by atoms with Crippen molar-refractivity contribution in [3.8, 4) is 0 Å². The molecule has 5 unspecified atom stereocenters. The summed E-state index contributed by atoms with van der Waals surface area (Å²) in [6, 6.07) is 0.551. The van der Waals surface area contributed by atoms with Crippen LogP contribution in [-0.2, 0) is 0 Å². The second-order valence-corrected chi connectivity index (χ2v) is 22.3. The van der Waals surface area contributed by atoms with Crippen LogP contribution in [0.1, 0.15) is 291 Å². The Kier molecular flexibility index (Phi) is 48.5. The minimum Gasteiger partial charge on any atom is -0.392 e. The maximum atomic E-state index is 11.2. The van der Waals surface area contributed by atoms with E-state index in [9.17, 15) is 20.4 Å². The molecule has 1 rings (SSSR count). The number of hydrogen-bond donors (Lipinski definition) is 5.